The van der Waals surface area contributed by atoms with E-state index in [0.29, 0.717) is 29.5 Å². The van der Waals surface area contributed by atoms with Gasteiger partial charge in [0.25, 0.3) is 0 Å². The molecule has 0 amide bonds. The van der Waals surface area contributed by atoms with E-state index in [9.17, 15) is 0 Å². The predicted octanol–water partition coefficient (Wildman–Crippen LogP) is 5.06. The Bertz CT molecular complexity index is 1020. The van der Waals surface area contributed by atoms with E-state index < -0.39 is 0 Å². The molecule has 2 aromatic carbocycles. The maximum Gasteiger partial charge on any atom is 0.216 e. The van der Waals surface area contributed by atoms with Crippen molar-refractivity contribution in [3.63, 3.8) is 0 Å². The van der Waals surface area contributed by atoms with E-state index in [1.54, 1.807) is 10.9 Å². The fraction of sp³-hybridized carbons (Fsp3) is 0.318. The lowest BCUT2D eigenvalue weighted by Gasteiger charge is -2.13. The lowest BCUT2D eigenvalue weighted by Crippen LogP contribution is -2.01. The van der Waals surface area contributed by atoms with Crippen LogP contribution >= 0.6 is 12.2 Å². The van der Waals surface area contributed by atoms with Gasteiger partial charge in [-0.15, -0.1) is 0 Å². The maximum absolute atomic E-state index is 5.98. The Hall–Kier alpha value is -2.93. The first-order valence-corrected chi connectivity index (χ1v) is 10.2. The molecule has 0 atom stereocenters. The standard InChI is InChI=1S/C22H26N4O2S/c1-4-6-21-24-25-22(29)26(21)23-14-18-11-12-19(20(13-18)27-5-2)28-15-17-9-7-16(3)8-10-17/h7-14H,4-6,15H2,1-3H3,(H,25,29)/b23-14+. The Labute approximate surface area is 176 Å². The molecule has 1 N–H and O–H groups in total. The van der Waals surface area contributed by atoms with Crippen LogP contribution in [0.25, 0.3) is 0 Å². The molecule has 1 aromatic heterocycles. The lowest BCUT2D eigenvalue weighted by molar-refractivity contribution is 0.269. The van der Waals surface area contributed by atoms with Crippen LogP contribution in [0.3, 0.4) is 0 Å². The number of benzene rings is 2. The molecule has 0 fully saturated rings. The van der Waals surface area contributed by atoms with Crippen LogP contribution in [0.4, 0.5) is 0 Å². The van der Waals surface area contributed by atoms with Gasteiger partial charge >= 0.3 is 0 Å². The molecule has 0 aliphatic carbocycles. The van der Waals surface area contributed by atoms with Gasteiger partial charge < -0.3 is 9.47 Å². The van der Waals surface area contributed by atoms with Gasteiger partial charge in [-0.05, 0) is 61.8 Å². The Morgan fingerprint density at radius 3 is 2.62 bits per heavy atom. The van der Waals surface area contributed by atoms with Crippen LogP contribution in [0.1, 0.15) is 42.8 Å². The maximum atomic E-state index is 5.98. The zero-order valence-electron chi connectivity index (χ0n) is 17.0. The number of aryl methyl sites for hydroxylation is 2. The molecule has 0 spiro atoms. The summed E-state index contributed by atoms with van der Waals surface area (Å²) in [5.74, 6) is 2.21. The van der Waals surface area contributed by atoms with Crippen molar-refractivity contribution in [1.29, 1.82) is 0 Å². The summed E-state index contributed by atoms with van der Waals surface area (Å²) in [7, 11) is 0. The molecule has 3 aromatic rings. The first kappa shape index (κ1) is 20.8. The molecule has 0 unspecified atom stereocenters. The number of ether oxygens (including phenoxy) is 2. The minimum Gasteiger partial charge on any atom is -0.490 e. The summed E-state index contributed by atoms with van der Waals surface area (Å²) in [6.07, 6.45) is 3.52. The summed E-state index contributed by atoms with van der Waals surface area (Å²) in [4.78, 5) is 0. The number of nitrogens with one attached hydrogen (secondary N) is 1. The second-order valence-electron chi connectivity index (χ2n) is 6.66. The summed E-state index contributed by atoms with van der Waals surface area (Å²) in [6, 6.07) is 14.1. The number of hydrogen-bond acceptors (Lipinski definition) is 5. The van der Waals surface area contributed by atoms with E-state index >= 15 is 0 Å². The summed E-state index contributed by atoms with van der Waals surface area (Å²) in [5, 5.41) is 11.5. The minimum atomic E-state index is 0.479. The molecule has 1 heterocycles. The molecule has 0 aliphatic rings. The van der Waals surface area contributed by atoms with Gasteiger partial charge in [-0.3, -0.25) is 5.10 Å². The van der Waals surface area contributed by atoms with Gasteiger partial charge in [0.1, 0.15) is 6.61 Å². The van der Waals surface area contributed by atoms with E-state index in [1.165, 1.54) is 5.56 Å². The number of aromatic nitrogens is 3. The first-order chi connectivity index (χ1) is 14.1. The average molecular weight is 411 g/mol. The van der Waals surface area contributed by atoms with Gasteiger partial charge in [0.2, 0.25) is 4.77 Å². The highest BCUT2D eigenvalue weighted by Crippen LogP contribution is 2.29. The van der Waals surface area contributed by atoms with Crippen LogP contribution in [0.5, 0.6) is 11.5 Å². The van der Waals surface area contributed by atoms with Crippen molar-refractivity contribution in [2.75, 3.05) is 6.61 Å². The Morgan fingerprint density at radius 2 is 1.90 bits per heavy atom. The first-order valence-electron chi connectivity index (χ1n) is 9.76. The third-order valence-corrected chi connectivity index (χ3v) is 4.56. The van der Waals surface area contributed by atoms with Gasteiger partial charge in [-0.1, -0.05) is 36.8 Å². The summed E-state index contributed by atoms with van der Waals surface area (Å²) in [6.45, 7) is 7.15. The molecule has 152 valence electrons. The van der Waals surface area contributed by atoms with E-state index in [-0.39, 0.29) is 0 Å². The van der Waals surface area contributed by atoms with Crippen LogP contribution in [-0.2, 0) is 13.0 Å². The van der Waals surface area contributed by atoms with Crippen molar-refractivity contribution in [3.8, 4) is 11.5 Å². The van der Waals surface area contributed by atoms with Gasteiger partial charge in [0, 0.05) is 6.42 Å². The van der Waals surface area contributed by atoms with E-state index in [2.05, 4.69) is 53.4 Å². The molecule has 7 heteroatoms. The fourth-order valence-corrected chi connectivity index (χ4v) is 2.99. The minimum absolute atomic E-state index is 0.479. The lowest BCUT2D eigenvalue weighted by atomic mass is 10.2. The molecule has 6 nitrogen and oxygen atoms in total. The van der Waals surface area contributed by atoms with Gasteiger partial charge in [-0.25, -0.2) is 0 Å². The molecule has 0 aliphatic heterocycles. The SMILES string of the molecule is CCCc1n[nH]c(=S)n1/N=C/c1ccc(OCc2ccc(C)cc2)c(OCC)c1. The van der Waals surface area contributed by atoms with E-state index in [0.717, 1.165) is 29.8 Å². The number of rotatable bonds is 9. The zero-order valence-corrected chi connectivity index (χ0v) is 17.8. The largest absolute Gasteiger partial charge is 0.490 e. The molecule has 29 heavy (non-hydrogen) atoms. The van der Waals surface area contributed by atoms with Crippen LogP contribution < -0.4 is 9.47 Å². The number of H-pyrrole nitrogens is 1. The predicted molar refractivity (Wildman–Crippen MR) is 118 cm³/mol. The Kier molecular flexibility index (Phi) is 7.19. The molecule has 0 bridgehead atoms. The third kappa shape index (κ3) is 5.54. The van der Waals surface area contributed by atoms with Crippen LogP contribution in [0.2, 0.25) is 0 Å². The smallest absolute Gasteiger partial charge is 0.216 e. The Morgan fingerprint density at radius 1 is 1.10 bits per heavy atom. The molecule has 0 saturated carbocycles. The average Bonchev–Trinajstić information content (AvgIpc) is 3.07. The van der Waals surface area contributed by atoms with Gasteiger partial charge in [0.15, 0.2) is 17.3 Å². The van der Waals surface area contributed by atoms with Gasteiger partial charge in [-0.2, -0.15) is 14.9 Å². The summed E-state index contributed by atoms with van der Waals surface area (Å²) >= 11 is 5.27. The fourth-order valence-electron chi connectivity index (χ4n) is 2.79. The second-order valence-corrected chi connectivity index (χ2v) is 7.05. The summed E-state index contributed by atoms with van der Waals surface area (Å²) in [5.41, 5.74) is 3.23. The van der Waals surface area contributed by atoms with Crippen molar-refractivity contribution in [2.45, 2.75) is 40.2 Å². The highest BCUT2D eigenvalue weighted by Gasteiger charge is 2.08. The molecular weight excluding hydrogens is 384 g/mol. The van der Waals surface area contributed by atoms with Crippen LogP contribution in [0, 0.1) is 11.7 Å². The van der Waals surface area contributed by atoms with E-state index in [1.807, 2.05) is 25.1 Å². The highest BCUT2D eigenvalue weighted by atomic mass is 32.1. The Balaban J connectivity index is 1.77. The van der Waals surface area contributed by atoms with Gasteiger partial charge in [0.05, 0.1) is 12.8 Å². The van der Waals surface area contributed by atoms with Crippen LogP contribution in [0.15, 0.2) is 47.6 Å². The second kappa shape index (κ2) is 10.0. The topological polar surface area (TPSA) is 64.4 Å². The quantitative estimate of drug-likeness (QED) is 0.395. The van der Waals surface area contributed by atoms with Crippen molar-refractivity contribution in [1.82, 2.24) is 14.9 Å². The van der Waals surface area contributed by atoms with Crippen molar-refractivity contribution >= 4 is 18.4 Å². The normalized spacial score (nSPS) is 11.1. The monoisotopic (exact) mass is 410 g/mol. The molecule has 3 rings (SSSR count). The summed E-state index contributed by atoms with van der Waals surface area (Å²) < 4.78 is 13.9. The molecule has 0 saturated heterocycles. The zero-order chi connectivity index (χ0) is 20.6. The van der Waals surface area contributed by atoms with E-state index in [4.69, 9.17) is 21.7 Å². The van der Waals surface area contributed by atoms with Crippen molar-refractivity contribution < 1.29 is 9.47 Å². The van der Waals surface area contributed by atoms with Crippen molar-refractivity contribution in [3.05, 3.63) is 69.8 Å². The third-order valence-electron chi connectivity index (χ3n) is 4.30. The molecular formula is C22H26N4O2S. The number of hydrogen-bond donors (Lipinski definition) is 1. The van der Waals surface area contributed by atoms with Crippen LogP contribution in [-0.4, -0.2) is 27.7 Å². The van der Waals surface area contributed by atoms with Crippen molar-refractivity contribution in [2.24, 2.45) is 5.10 Å². The highest BCUT2D eigenvalue weighted by molar-refractivity contribution is 7.71. The number of nitrogens with zero attached hydrogens (tertiary/aromatic N) is 3. The number of aromatic amines is 1. The molecule has 0 radical (unpaired) electrons.